The summed E-state index contributed by atoms with van der Waals surface area (Å²) >= 11 is 3.46. The fourth-order valence-corrected chi connectivity index (χ4v) is 5.25. The van der Waals surface area contributed by atoms with Crippen molar-refractivity contribution in [3.8, 4) is 0 Å². The van der Waals surface area contributed by atoms with Crippen molar-refractivity contribution in [1.82, 2.24) is 10.6 Å². The van der Waals surface area contributed by atoms with E-state index in [2.05, 4.69) is 46.2 Å². The molecule has 40 heavy (non-hydrogen) atoms. The van der Waals surface area contributed by atoms with Crippen LogP contribution in [0.4, 0.5) is 10.5 Å². The average molecular weight is 642 g/mol. The van der Waals surface area contributed by atoms with E-state index in [0.29, 0.717) is 49.9 Å². The number of anilines is 1. The summed E-state index contributed by atoms with van der Waals surface area (Å²) in [6.07, 6.45) is 1.82. The smallest absolute Gasteiger partial charge is 0.312 e. The lowest BCUT2D eigenvalue weighted by molar-refractivity contribution is -0.132. The zero-order chi connectivity index (χ0) is 30.3. The zero-order valence-corrected chi connectivity index (χ0v) is 27.6. The van der Waals surface area contributed by atoms with Crippen LogP contribution in [0.25, 0.3) is 0 Å². The van der Waals surface area contributed by atoms with Crippen LogP contribution >= 0.6 is 15.9 Å². The van der Waals surface area contributed by atoms with Gasteiger partial charge in [0, 0.05) is 51.0 Å². The van der Waals surface area contributed by atoms with Gasteiger partial charge in [0.2, 0.25) is 11.8 Å². The monoisotopic (exact) mass is 640 g/mol. The molecule has 4 amide bonds. The first kappa shape index (κ1) is 35.8. The number of Topliss-reactive ketones (excluding diaryl/α,β-unsaturated/α-hetero) is 1. The quantitative estimate of drug-likeness (QED) is 0.0829. The van der Waals surface area contributed by atoms with Gasteiger partial charge in [0.05, 0.1) is 6.04 Å². The Morgan fingerprint density at radius 1 is 1.10 bits per heavy atom. The highest BCUT2D eigenvalue weighted by Gasteiger charge is 2.32. The number of hydrogen-bond donors (Lipinski definition) is 3. The molecule has 1 aromatic rings. The summed E-state index contributed by atoms with van der Waals surface area (Å²) < 4.78 is 6.00. The summed E-state index contributed by atoms with van der Waals surface area (Å²) in [6.45, 7) is 13.4. The molecule has 4 N–H and O–H groups in total. The molecule has 0 saturated heterocycles. The molecule has 1 rings (SSSR count). The molecule has 0 heterocycles. The fourth-order valence-electron chi connectivity index (χ4n) is 4.12. The predicted octanol–water partition coefficient (Wildman–Crippen LogP) is 5.19. The molecule has 0 aliphatic rings. The van der Waals surface area contributed by atoms with Crippen LogP contribution in [-0.2, 0) is 24.5 Å². The van der Waals surface area contributed by atoms with Gasteiger partial charge in [-0.05, 0) is 48.9 Å². The van der Waals surface area contributed by atoms with E-state index in [0.717, 1.165) is 11.6 Å². The van der Waals surface area contributed by atoms with Gasteiger partial charge in [0.1, 0.15) is 6.73 Å². The standard InChI is InChI=1S/C29H49BrN4O5Si/c1-7-9-26(36)33-27(21(2)3)25(35)18-23(10-8-15-32-29(31)38)28(37)34(20-39-16-17-40(4,5)6)24-13-11-22(19-30)12-14-24/h11-14,21,23,27H,7-10,15-20H2,1-6H3,(H,33,36)(H3,31,32,38)/t23-,27+/m1/s1. The van der Waals surface area contributed by atoms with E-state index in [1.54, 1.807) is 4.90 Å². The molecule has 9 nitrogen and oxygen atoms in total. The number of primary amides is 1. The van der Waals surface area contributed by atoms with Gasteiger partial charge < -0.3 is 21.1 Å². The summed E-state index contributed by atoms with van der Waals surface area (Å²) in [7, 11) is -1.32. The van der Waals surface area contributed by atoms with E-state index < -0.39 is 26.1 Å². The maximum Gasteiger partial charge on any atom is 0.312 e. The Kier molecular flexibility index (Phi) is 16.3. The van der Waals surface area contributed by atoms with Crippen molar-refractivity contribution in [2.45, 2.75) is 89.9 Å². The minimum atomic E-state index is -1.32. The van der Waals surface area contributed by atoms with Crippen molar-refractivity contribution >= 4 is 53.3 Å². The van der Waals surface area contributed by atoms with E-state index in [9.17, 15) is 19.2 Å². The van der Waals surface area contributed by atoms with Gasteiger partial charge in [-0.2, -0.15) is 0 Å². The Morgan fingerprint density at radius 2 is 1.75 bits per heavy atom. The number of rotatable bonds is 19. The number of amides is 4. The Bertz CT molecular complexity index is 953. The van der Waals surface area contributed by atoms with Crippen molar-refractivity contribution in [3.63, 3.8) is 0 Å². The highest BCUT2D eigenvalue weighted by Crippen LogP contribution is 2.24. The first-order valence-electron chi connectivity index (χ1n) is 14.2. The van der Waals surface area contributed by atoms with Gasteiger partial charge in [-0.25, -0.2) is 4.79 Å². The molecular formula is C29H49BrN4O5Si. The van der Waals surface area contributed by atoms with Gasteiger partial charge in [-0.3, -0.25) is 19.3 Å². The predicted molar refractivity (Wildman–Crippen MR) is 167 cm³/mol. The van der Waals surface area contributed by atoms with Crippen molar-refractivity contribution in [2.24, 2.45) is 17.6 Å². The number of nitrogens with two attached hydrogens (primary N) is 1. The normalized spacial score (nSPS) is 13.0. The van der Waals surface area contributed by atoms with Crippen LogP contribution in [0.5, 0.6) is 0 Å². The van der Waals surface area contributed by atoms with Gasteiger partial charge >= 0.3 is 6.03 Å². The lowest BCUT2D eigenvalue weighted by atomic mass is 9.89. The lowest BCUT2D eigenvalue weighted by Gasteiger charge is -2.29. The van der Waals surface area contributed by atoms with Crippen LogP contribution in [0.2, 0.25) is 25.7 Å². The number of halogens is 1. The van der Waals surface area contributed by atoms with Gasteiger partial charge in [-0.1, -0.05) is 68.5 Å². The summed E-state index contributed by atoms with van der Waals surface area (Å²) in [5.41, 5.74) is 6.96. The third kappa shape index (κ3) is 13.9. The Labute approximate surface area is 249 Å². The molecule has 226 valence electrons. The molecule has 1 aromatic carbocycles. The third-order valence-corrected chi connectivity index (χ3v) is 8.87. The topological polar surface area (TPSA) is 131 Å². The number of urea groups is 1. The summed E-state index contributed by atoms with van der Waals surface area (Å²) in [4.78, 5) is 52.6. The number of carbonyl (C=O) groups is 4. The second kappa shape index (κ2) is 18.2. The van der Waals surface area contributed by atoms with Crippen LogP contribution in [0, 0.1) is 11.8 Å². The summed E-state index contributed by atoms with van der Waals surface area (Å²) in [5, 5.41) is 6.10. The molecule has 0 unspecified atom stereocenters. The number of nitrogens with zero attached hydrogens (tertiary/aromatic N) is 1. The zero-order valence-electron chi connectivity index (χ0n) is 25.1. The van der Waals surface area contributed by atoms with Crippen molar-refractivity contribution in [1.29, 1.82) is 0 Å². The van der Waals surface area contributed by atoms with Gasteiger partial charge in [0.25, 0.3) is 0 Å². The van der Waals surface area contributed by atoms with Gasteiger partial charge in [-0.15, -0.1) is 0 Å². The highest BCUT2D eigenvalue weighted by molar-refractivity contribution is 9.08. The Hall–Kier alpha value is -2.24. The first-order chi connectivity index (χ1) is 18.8. The Morgan fingerprint density at radius 3 is 2.27 bits per heavy atom. The van der Waals surface area contributed by atoms with Crippen molar-refractivity contribution < 1.29 is 23.9 Å². The number of ketones is 1. The van der Waals surface area contributed by atoms with E-state index >= 15 is 0 Å². The summed E-state index contributed by atoms with van der Waals surface area (Å²) in [5.74, 6) is -1.38. The second-order valence-corrected chi connectivity index (χ2v) is 17.9. The molecule has 0 aliphatic carbocycles. The minimum Gasteiger partial charge on any atom is -0.361 e. The first-order valence-corrected chi connectivity index (χ1v) is 19.0. The SMILES string of the molecule is CCCC(=O)N[C@H](C(=O)C[C@@H](CCCNC(N)=O)C(=O)N(COCC[Si](C)(C)C)c1ccc(CBr)cc1)C(C)C. The van der Waals surface area contributed by atoms with Crippen LogP contribution < -0.4 is 21.3 Å². The number of nitrogens with one attached hydrogen (secondary N) is 2. The van der Waals surface area contributed by atoms with Crippen LogP contribution in [0.3, 0.4) is 0 Å². The maximum absolute atomic E-state index is 14.1. The average Bonchev–Trinajstić information content (AvgIpc) is 2.88. The fraction of sp³-hybridized carbons (Fsp3) is 0.655. The molecule has 0 aromatic heterocycles. The third-order valence-electron chi connectivity index (χ3n) is 6.52. The second-order valence-electron chi connectivity index (χ2n) is 11.8. The van der Waals surface area contributed by atoms with Crippen LogP contribution in [0.1, 0.15) is 58.4 Å². The number of alkyl halides is 1. The Balaban J connectivity index is 3.24. The molecule has 0 bridgehead atoms. The molecule has 0 spiro atoms. The molecule has 0 fully saturated rings. The maximum atomic E-state index is 14.1. The molecule has 0 saturated carbocycles. The van der Waals surface area contributed by atoms with Crippen LogP contribution in [-0.4, -0.2) is 57.6 Å². The van der Waals surface area contributed by atoms with Crippen molar-refractivity contribution in [2.75, 3.05) is 24.8 Å². The number of hydrogen-bond acceptors (Lipinski definition) is 5. The molecular weight excluding hydrogens is 592 g/mol. The van der Waals surface area contributed by atoms with Gasteiger partial charge in [0.15, 0.2) is 5.78 Å². The molecule has 11 heteroatoms. The molecule has 2 atom stereocenters. The van der Waals surface area contributed by atoms with E-state index in [1.807, 2.05) is 45.0 Å². The van der Waals surface area contributed by atoms with Crippen molar-refractivity contribution in [3.05, 3.63) is 29.8 Å². The van der Waals surface area contributed by atoms with E-state index in [4.69, 9.17) is 10.5 Å². The van der Waals surface area contributed by atoms with E-state index in [1.165, 1.54) is 0 Å². The van der Waals surface area contributed by atoms with E-state index in [-0.39, 0.29) is 36.7 Å². The largest absolute Gasteiger partial charge is 0.361 e. The molecule has 0 aliphatic heterocycles. The minimum absolute atomic E-state index is 0.0322. The lowest BCUT2D eigenvalue weighted by Crippen LogP contribution is -2.46. The molecule has 0 radical (unpaired) electrons. The summed E-state index contributed by atoms with van der Waals surface area (Å²) in [6, 6.07) is 7.30. The highest BCUT2D eigenvalue weighted by atomic mass is 79.9. The number of benzene rings is 1. The van der Waals surface area contributed by atoms with Crippen LogP contribution in [0.15, 0.2) is 24.3 Å². The number of ether oxygens (including phenoxy) is 1. The number of carbonyl (C=O) groups excluding carboxylic acids is 4.